The molecule has 8 heteroatoms. The van der Waals surface area contributed by atoms with Gasteiger partial charge in [-0.15, -0.1) is 0 Å². The van der Waals surface area contributed by atoms with Gasteiger partial charge >= 0.3 is 6.03 Å². The molecule has 182 valence electrons. The average molecular weight is 485 g/mol. The molecule has 0 radical (unpaired) electrons. The molecule has 7 nitrogen and oxygen atoms in total. The maximum atomic E-state index is 13.4. The number of aryl methyl sites for hydroxylation is 1. The lowest BCUT2D eigenvalue weighted by Crippen LogP contribution is -2.45. The van der Waals surface area contributed by atoms with E-state index >= 15 is 0 Å². The Labute approximate surface area is 208 Å². The molecule has 1 aliphatic heterocycles. The summed E-state index contributed by atoms with van der Waals surface area (Å²) in [5.41, 5.74) is 4.90. The Morgan fingerprint density at radius 2 is 1.81 bits per heavy atom. The third-order valence-electron chi connectivity index (χ3n) is 6.24. The molecule has 1 aromatic heterocycles. The highest BCUT2D eigenvalue weighted by Gasteiger charge is 2.36. The molecule has 4 aromatic rings. The van der Waals surface area contributed by atoms with Crippen LogP contribution in [-0.2, 0) is 6.54 Å². The highest BCUT2D eigenvalue weighted by molar-refractivity contribution is 5.87. The van der Waals surface area contributed by atoms with Crippen molar-refractivity contribution in [2.24, 2.45) is 0 Å². The van der Waals surface area contributed by atoms with Crippen molar-refractivity contribution in [1.29, 1.82) is 0 Å². The number of nitrogens with zero attached hydrogens (tertiary/aromatic N) is 3. The third kappa shape index (κ3) is 4.57. The number of amides is 2. The predicted octanol–water partition coefficient (Wildman–Crippen LogP) is 5.89. The molecular weight excluding hydrogens is 459 g/mol. The Morgan fingerprint density at radius 1 is 1.06 bits per heavy atom. The number of allylic oxidation sites excluding steroid dienone is 1. The van der Waals surface area contributed by atoms with Crippen molar-refractivity contribution in [3.8, 4) is 17.1 Å². The van der Waals surface area contributed by atoms with Gasteiger partial charge in [-0.05, 0) is 49.2 Å². The topological polar surface area (TPSA) is 80.5 Å². The molecule has 0 spiro atoms. The van der Waals surface area contributed by atoms with E-state index in [-0.39, 0.29) is 18.4 Å². The molecule has 2 amide bonds. The molecule has 0 saturated carbocycles. The molecule has 3 aromatic carbocycles. The number of nitrogens with one attached hydrogen (secondary N) is 1. The standard InChI is InChI=1S/C28H25FN4O3/c1-17-7-11-20(12-8-17)26-31-27(36-32-26)24-18(2)33(16-19-9-13-22(29)14-10-19)28(34)30-25(24)21-5-4-6-23(15-21)35-3/h4-15,25H,16H2,1-3H3,(H,30,34). The van der Waals surface area contributed by atoms with Gasteiger partial charge in [0.15, 0.2) is 0 Å². The van der Waals surface area contributed by atoms with Crippen LogP contribution in [0.25, 0.3) is 17.0 Å². The van der Waals surface area contributed by atoms with E-state index < -0.39 is 6.04 Å². The van der Waals surface area contributed by atoms with Crippen LogP contribution in [0.5, 0.6) is 5.75 Å². The highest BCUT2D eigenvalue weighted by atomic mass is 19.1. The van der Waals surface area contributed by atoms with Crippen LogP contribution in [0.1, 0.15) is 35.5 Å². The minimum absolute atomic E-state index is 0.255. The highest BCUT2D eigenvalue weighted by Crippen LogP contribution is 2.38. The van der Waals surface area contributed by atoms with Gasteiger partial charge in [0.05, 0.1) is 25.3 Å². The third-order valence-corrected chi connectivity index (χ3v) is 6.24. The minimum atomic E-state index is -0.539. The molecular formula is C28H25FN4O3. The van der Waals surface area contributed by atoms with Gasteiger partial charge < -0.3 is 14.6 Å². The fourth-order valence-corrected chi connectivity index (χ4v) is 4.25. The Morgan fingerprint density at radius 3 is 2.53 bits per heavy atom. The Balaban J connectivity index is 1.59. The van der Waals surface area contributed by atoms with Crippen LogP contribution in [0.4, 0.5) is 9.18 Å². The van der Waals surface area contributed by atoms with Crippen LogP contribution < -0.4 is 10.1 Å². The van der Waals surface area contributed by atoms with Crippen LogP contribution in [0.2, 0.25) is 0 Å². The summed E-state index contributed by atoms with van der Waals surface area (Å²) in [6.45, 7) is 4.12. The SMILES string of the molecule is COc1cccc(C2NC(=O)N(Cc3ccc(F)cc3)C(C)=C2c2nc(-c3ccc(C)cc3)no2)c1. The number of carbonyl (C=O) groups excluding carboxylic acids is 1. The van der Waals surface area contributed by atoms with E-state index in [2.05, 4.69) is 15.5 Å². The first-order valence-corrected chi connectivity index (χ1v) is 11.5. The van der Waals surface area contributed by atoms with E-state index in [1.165, 1.54) is 12.1 Å². The second kappa shape index (κ2) is 9.65. The van der Waals surface area contributed by atoms with Crippen LogP contribution in [-0.4, -0.2) is 28.2 Å². The zero-order chi connectivity index (χ0) is 25.2. The van der Waals surface area contributed by atoms with Gasteiger partial charge in [-0.25, -0.2) is 9.18 Å². The van der Waals surface area contributed by atoms with E-state index in [1.807, 2.05) is 62.4 Å². The van der Waals surface area contributed by atoms with Gasteiger partial charge in [0.1, 0.15) is 11.6 Å². The Bertz CT molecular complexity index is 1430. The number of benzene rings is 3. The zero-order valence-electron chi connectivity index (χ0n) is 20.2. The first-order chi connectivity index (χ1) is 17.4. The number of urea groups is 1. The summed E-state index contributed by atoms with van der Waals surface area (Å²) < 4.78 is 24.6. The van der Waals surface area contributed by atoms with Crippen molar-refractivity contribution >= 4 is 11.6 Å². The van der Waals surface area contributed by atoms with E-state index in [0.717, 1.165) is 22.3 Å². The predicted molar refractivity (Wildman–Crippen MR) is 133 cm³/mol. The maximum absolute atomic E-state index is 13.4. The fourth-order valence-electron chi connectivity index (χ4n) is 4.25. The molecule has 0 bridgehead atoms. The van der Waals surface area contributed by atoms with Crippen molar-refractivity contribution in [2.75, 3.05) is 7.11 Å². The first-order valence-electron chi connectivity index (χ1n) is 11.5. The van der Waals surface area contributed by atoms with Crippen molar-refractivity contribution in [3.05, 3.63) is 107 Å². The van der Waals surface area contributed by atoms with Gasteiger partial charge in [0.2, 0.25) is 5.82 Å². The fraction of sp³-hybridized carbons (Fsp3) is 0.179. The molecule has 2 heterocycles. The summed E-state index contributed by atoms with van der Waals surface area (Å²) in [7, 11) is 1.59. The molecule has 0 aliphatic carbocycles. The van der Waals surface area contributed by atoms with Crippen molar-refractivity contribution in [3.63, 3.8) is 0 Å². The number of carbonyl (C=O) groups is 1. The molecule has 1 atom stereocenters. The lowest BCUT2D eigenvalue weighted by atomic mass is 9.94. The molecule has 36 heavy (non-hydrogen) atoms. The first kappa shape index (κ1) is 23.3. The van der Waals surface area contributed by atoms with E-state index in [4.69, 9.17) is 9.26 Å². The lowest BCUT2D eigenvalue weighted by molar-refractivity contribution is 0.203. The summed E-state index contributed by atoms with van der Waals surface area (Å²) in [5.74, 6) is 1.09. The number of halogens is 1. The molecule has 5 rings (SSSR count). The monoisotopic (exact) mass is 484 g/mol. The average Bonchev–Trinajstić information content (AvgIpc) is 3.37. The summed E-state index contributed by atoms with van der Waals surface area (Å²) in [5, 5.41) is 7.28. The largest absolute Gasteiger partial charge is 0.497 e. The zero-order valence-corrected chi connectivity index (χ0v) is 20.2. The molecule has 0 saturated heterocycles. The second-order valence-electron chi connectivity index (χ2n) is 8.66. The number of aromatic nitrogens is 2. The minimum Gasteiger partial charge on any atom is -0.497 e. The van der Waals surface area contributed by atoms with Crippen molar-refractivity contribution in [2.45, 2.75) is 26.4 Å². The van der Waals surface area contributed by atoms with Crippen LogP contribution in [0.3, 0.4) is 0 Å². The van der Waals surface area contributed by atoms with Gasteiger partial charge in [-0.2, -0.15) is 4.98 Å². The van der Waals surface area contributed by atoms with Gasteiger partial charge in [0.25, 0.3) is 5.89 Å². The number of hydrogen-bond donors (Lipinski definition) is 1. The van der Waals surface area contributed by atoms with Crippen LogP contribution in [0, 0.1) is 12.7 Å². The van der Waals surface area contributed by atoms with Crippen LogP contribution >= 0.6 is 0 Å². The summed E-state index contributed by atoms with van der Waals surface area (Å²) >= 11 is 0. The number of ether oxygens (including phenoxy) is 1. The Kier molecular flexibility index (Phi) is 6.25. The van der Waals surface area contributed by atoms with E-state index in [9.17, 15) is 9.18 Å². The quantitative estimate of drug-likeness (QED) is 0.369. The second-order valence-corrected chi connectivity index (χ2v) is 8.66. The van der Waals surface area contributed by atoms with Gasteiger partial charge in [0, 0.05) is 11.3 Å². The number of methoxy groups -OCH3 is 1. The number of rotatable bonds is 6. The molecule has 1 aliphatic rings. The summed E-state index contributed by atoms with van der Waals surface area (Å²) in [6, 6.07) is 20.6. The van der Waals surface area contributed by atoms with Crippen LogP contribution in [0.15, 0.2) is 83.0 Å². The van der Waals surface area contributed by atoms with Crippen molar-refractivity contribution < 1.29 is 18.4 Å². The van der Waals surface area contributed by atoms with Gasteiger partial charge in [-0.3, -0.25) is 4.90 Å². The Hall–Kier alpha value is -4.46. The van der Waals surface area contributed by atoms with Gasteiger partial charge in [-0.1, -0.05) is 59.3 Å². The molecule has 1 unspecified atom stereocenters. The normalized spacial score (nSPS) is 15.7. The lowest BCUT2D eigenvalue weighted by Gasteiger charge is -2.35. The molecule has 0 fully saturated rings. The smallest absolute Gasteiger partial charge is 0.322 e. The van der Waals surface area contributed by atoms with E-state index in [1.54, 1.807) is 24.1 Å². The summed E-state index contributed by atoms with van der Waals surface area (Å²) in [6.07, 6.45) is 0. The van der Waals surface area contributed by atoms with E-state index in [0.29, 0.717) is 28.7 Å². The maximum Gasteiger partial charge on any atom is 0.322 e. The van der Waals surface area contributed by atoms with Crippen molar-refractivity contribution in [1.82, 2.24) is 20.4 Å². The summed E-state index contributed by atoms with van der Waals surface area (Å²) in [4.78, 5) is 19.5. The number of hydrogen-bond acceptors (Lipinski definition) is 5. The molecule has 1 N–H and O–H groups in total.